The molecule has 18 heavy (non-hydrogen) atoms. The van der Waals surface area contributed by atoms with Gasteiger partial charge in [-0.2, -0.15) is 0 Å². The minimum Gasteiger partial charge on any atom is -0.355 e. The molecule has 0 radical (unpaired) electrons. The summed E-state index contributed by atoms with van der Waals surface area (Å²) in [5.74, 6) is 0.420. The van der Waals surface area contributed by atoms with Crippen molar-refractivity contribution in [1.29, 1.82) is 0 Å². The van der Waals surface area contributed by atoms with Gasteiger partial charge in [-0.1, -0.05) is 13.8 Å². The second-order valence-electron chi connectivity index (χ2n) is 5.92. The van der Waals surface area contributed by atoms with Crippen molar-refractivity contribution in [3.05, 3.63) is 0 Å². The van der Waals surface area contributed by atoms with E-state index in [1.54, 1.807) is 0 Å². The minimum atomic E-state index is -0.203. The van der Waals surface area contributed by atoms with Crippen molar-refractivity contribution in [1.82, 2.24) is 16.0 Å². The van der Waals surface area contributed by atoms with E-state index in [0.717, 1.165) is 0 Å². The highest BCUT2D eigenvalue weighted by Crippen LogP contribution is 1.98. The molecule has 0 aliphatic rings. The lowest BCUT2D eigenvalue weighted by molar-refractivity contribution is -0.123. The van der Waals surface area contributed by atoms with Gasteiger partial charge in [0.15, 0.2) is 0 Å². The third kappa shape index (κ3) is 11.4. The Labute approximate surface area is 110 Å². The first-order valence-electron chi connectivity index (χ1n) is 6.49. The zero-order valence-electron chi connectivity index (χ0n) is 12.2. The van der Waals surface area contributed by atoms with Crippen LogP contribution in [0, 0.1) is 5.92 Å². The molecule has 0 rings (SSSR count). The first-order valence-corrected chi connectivity index (χ1v) is 6.49. The van der Waals surface area contributed by atoms with E-state index >= 15 is 0 Å². The second-order valence-corrected chi connectivity index (χ2v) is 5.92. The molecule has 0 bridgehead atoms. The molecule has 0 heterocycles. The van der Waals surface area contributed by atoms with Crippen LogP contribution in [-0.4, -0.2) is 37.0 Å². The lowest BCUT2D eigenvalue weighted by Crippen LogP contribution is -2.42. The van der Waals surface area contributed by atoms with Crippen LogP contribution in [0.15, 0.2) is 0 Å². The lowest BCUT2D eigenvalue weighted by atomic mass is 10.1. The fraction of sp³-hybridized carbons (Fsp3) is 0.846. The van der Waals surface area contributed by atoms with E-state index in [1.807, 2.05) is 34.6 Å². The van der Waals surface area contributed by atoms with Crippen molar-refractivity contribution in [3.63, 3.8) is 0 Å². The third-order valence-corrected chi connectivity index (χ3v) is 2.04. The molecule has 0 fully saturated rings. The summed E-state index contributed by atoms with van der Waals surface area (Å²) in [5.41, 5.74) is -0.203. The largest absolute Gasteiger partial charge is 0.355 e. The molecule has 106 valence electrons. The summed E-state index contributed by atoms with van der Waals surface area (Å²) in [7, 11) is 0. The Balaban J connectivity index is 3.56. The van der Waals surface area contributed by atoms with Crippen molar-refractivity contribution in [2.24, 2.45) is 5.92 Å². The van der Waals surface area contributed by atoms with Gasteiger partial charge in [-0.05, 0) is 26.7 Å². The summed E-state index contributed by atoms with van der Waals surface area (Å²) in [6.45, 7) is 11.4. The Hall–Kier alpha value is -1.10. The highest BCUT2D eigenvalue weighted by molar-refractivity contribution is 5.78. The average Bonchev–Trinajstić information content (AvgIpc) is 2.19. The normalized spacial score (nSPS) is 11.4. The zero-order valence-corrected chi connectivity index (χ0v) is 12.2. The van der Waals surface area contributed by atoms with Gasteiger partial charge in [0.1, 0.15) is 0 Å². The van der Waals surface area contributed by atoms with Crippen LogP contribution in [0.3, 0.4) is 0 Å². The molecule has 0 aromatic rings. The van der Waals surface area contributed by atoms with E-state index in [1.165, 1.54) is 0 Å². The van der Waals surface area contributed by atoms with Crippen molar-refractivity contribution >= 4 is 11.8 Å². The standard InChI is InChI=1S/C13H27N3O2/c1-10(2)8-15-12(18)9-14-7-6-11(17)16-13(3,4)5/h10,14H,6-9H2,1-5H3,(H,15,18)(H,16,17). The molecular weight excluding hydrogens is 230 g/mol. The van der Waals surface area contributed by atoms with Crippen LogP contribution in [0.4, 0.5) is 0 Å². The van der Waals surface area contributed by atoms with E-state index in [4.69, 9.17) is 0 Å². The van der Waals surface area contributed by atoms with Crippen LogP contribution < -0.4 is 16.0 Å². The first-order chi connectivity index (χ1) is 8.20. The monoisotopic (exact) mass is 257 g/mol. The molecule has 0 aliphatic carbocycles. The van der Waals surface area contributed by atoms with E-state index in [-0.39, 0.29) is 23.9 Å². The lowest BCUT2D eigenvalue weighted by Gasteiger charge is -2.20. The van der Waals surface area contributed by atoms with Gasteiger partial charge in [0.25, 0.3) is 0 Å². The molecule has 0 saturated heterocycles. The molecule has 0 saturated carbocycles. The van der Waals surface area contributed by atoms with E-state index < -0.39 is 0 Å². The zero-order chi connectivity index (χ0) is 14.2. The van der Waals surface area contributed by atoms with Gasteiger partial charge in [0.2, 0.25) is 11.8 Å². The maximum atomic E-state index is 11.5. The summed E-state index contributed by atoms with van der Waals surface area (Å²) in [4.78, 5) is 22.8. The van der Waals surface area contributed by atoms with Gasteiger partial charge >= 0.3 is 0 Å². The number of hydrogen-bond acceptors (Lipinski definition) is 3. The van der Waals surface area contributed by atoms with Gasteiger partial charge in [-0.25, -0.2) is 0 Å². The Bertz CT molecular complexity index is 270. The van der Waals surface area contributed by atoms with Crippen LogP contribution in [0.1, 0.15) is 41.0 Å². The van der Waals surface area contributed by atoms with Crippen molar-refractivity contribution in [2.45, 2.75) is 46.6 Å². The molecular formula is C13H27N3O2. The fourth-order valence-electron chi connectivity index (χ4n) is 1.27. The van der Waals surface area contributed by atoms with Crippen LogP contribution in [-0.2, 0) is 9.59 Å². The highest BCUT2D eigenvalue weighted by Gasteiger charge is 2.13. The van der Waals surface area contributed by atoms with Crippen LogP contribution in [0.5, 0.6) is 0 Å². The van der Waals surface area contributed by atoms with Gasteiger partial charge < -0.3 is 16.0 Å². The van der Waals surface area contributed by atoms with E-state index in [0.29, 0.717) is 25.4 Å². The van der Waals surface area contributed by atoms with Crippen molar-refractivity contribution < 1.29 is 9.59 Å². The summed E-state index contributed by atoms with van der Waals surface area (Å²) in [6.07, 6.45) is 0.384. The highest BCUT2D eigenvalue weighted by atomic mass is 16.2. The minimum absolute atomic E-state index is 0.00223. The molecule has 0 aliphatic heterocycles. The molecule has 0 atom stereocenters. The quantitative estimate of drug-likeness (QED) is 0.587. The summed E-state index contributed by atoms with van der Waals surface area (Å²) in [6, 6.07) is 0. The van der Waals surface area contributed by atoms with Crippen LogP contribution >= 0.6 is 0 Å². The van der Waals surface area contributed by atoms with E-state index in [2.05, 4.69) is 16.0 Å². The topological polar surface area (TPSA) is 70.2 Å². The first kappa shape index (κ1) is 16.9. The molecule has 2 amide bonds. The third-order valence-electron chi connectivity index (χ3n) is 2.04. The maximum absolute atomic E-state index is 11.5. The molecule has 0 unspecified atom stereocenters. The summed E-state index contributed by atoms with van der Waals surface area (Å²) in [5, 5.41) is 8.63. The summed E-state index contributed by atoms with van der Waals surface area (Å²) < 4.78 is 0. The van der Waals surface area contributed by atoms with Crippen molar-refractivity contribution in [3.8, 4) is 0 Å². The molecule has 5 heteroatoms. The predicted octanol–water partition coefficient (Wildman–Crippen LogP) is 0.653. The van der Waals surface area contributed by atoms with Gasteiger partial charge in [-0.15, -0.1) is 0 Å². The number of nitrogens with one attached hydrogen (secondary N) is 3. The Kier molecular flexibility index (Phi) is 7.59. The number of carbonyl (C=O) groups is 2. The van der Waals surface area contributed by atoms with Gasteiger partial charge in [0.05, 0.1) is 6.54 Å². The number of hydrogen-bond donors (Lipinski definition) is 3. The van der Waals surface area contributed by atoms with E-state index in [9.17, 15) is 9.59 Å². The molecule has 3 N–H and O–H groups in total. The Morgan fingerprint density at radius 1 is 1.11 bits per heavy atom. The summed E-state index contributed by atoms with van der Waals surface area (Å²) >= 11 is 0. The molecule has 0 aromatic heterocycles. The molecule has 0 aromatic carbocycles. The molecule has 0 spiro atoms. The number of rotatable bonds is 7. The van der Waals surface area contributed by atoms with Crippen molar-refractivity contribution in [2.75, 3.05) is 19.6 Å². The fourth-order valence-corrected chi connectivity index (χ4v) is 1.27. The smallest absolute Gasteiger partial charge is 0.233 e. The SMILES string of the molecule is CC(C)CNC(=O)CNCCC(=O)NC(C)(C)C. The van der Waals surface area contributed by atoms with Crippen LogP contribution in [0.25, 0.3) is 0 Å². The second kappa shape index (κ2) is 8.08. The Morgan fingerprint density at radius 3 is 2.22 bits per heavy atom. The molecule has 5 nitrogen and oxygen atoms in total. The van der Waals surface area contributed by atoms with Gasteiger partial charge in [-0.3, -0.25) is 9.59 Å². The number of amides is 2. The van der Waals surface area contributed by atoms with Crippen LogP contribution in [0.2, 0.25) is 0 Å². The predicted molar refractivity (Wildman–Crippen MR) is 73.2 cm³/mol. The van der Waals surface area contributed by atoms with Gasteiger partial charge in [0, 0.05) is 25.0 Å². The Morgan fingerprint density at radius 2 is 1.72 bits per heavy atom. The number of carbonyl (C=O) groups excluding carboxylic acids is 2. The maximum Gasteiger partial charge on any atom is 0.233 e. The average molecular weight is 257 g/mol.